The van der Waals surface area contributed by atoms with Gasteiger partial charge in [-0.05, 0) is 31.7 Å². The molecule has 1 aliphatic heterocycles. The molecule has 152 valence electrons. The summed E-state index contributed by atoms with van der Waals surface area (Å²) >= 11 is 0. The molecule has 1 fully saturated rings. The number of nitrogens with zero attached hydrogens (tertiary/aromatic N) is 4. The highest BCUT2D eigenvalue weighted by Gasteiger charge is 2.36. The van der Waals surface area contributed by atoms with Crippen molar-refractivity contribution in [2.75, 3.05) is 6.54 Å². The van der Waals surface area contributed by atoms with Gasteiger partial charge in [0.05, 0.1) is 5.69 Å². The zero-order valence-corrected chi connectivity index (χ0v) is 16.1. The molecule has 0 saturated carbocycles. The standard InChI is InChI=1S/C21H21F3N4O/c1-13-8-9-14(2)27(12-13)20(29)17-11-19-25-16(15-6-4-3-5-7-15)10-18(21(22,23)24)28(19)26-17/h3-7,10-11,13-14H,8-9,12H2,1-2H3. The molecule has 4 rings (SSSR count). The van der Waals surface area contributed by atoms with Gasteiger partial charge in [-0.15, -0.1) is 0 Å². The number of alkyl halides is 3. The van der Waals surface area contributed by atoms with Crippen LogP contribution in [0.15, 0.2) is 42.5 Å². The second kappa shape index (κ2) is 7.17. The monoisotopic (exact) mass is 402 g/mol. The molecule has 2 aromatic heterocycles. The lowest BCUT2D eigenvalue weighted by Gasteiger charge is -2.36. The van der Waals surface area contributed by atoms with Gasteiger partial charge in [0.1, 0.15) is 0 Å². The molecule has 3 heterocycles. The first-order chi connectivity index (χ1) is 13.7. The van der Waals surface area contributed by atoms with E-state index in [1.807, 2.05) is 6.92 Å². The summed E-state index contributed by atoms with van der Waals surface area (Å²) in [7, 11) is 0. The molecule has 8 heteroatoms. The van der Waals surface area contributed by atoms with E-state index in [0.29, 0.717) is 18.0 Å². The van der Waals surface area contributed by atoms with Crippen molar-refractivity contribution < 1.29 is 18.0 Å². The second-order valence-corrected chi connectivity index (χ2v) is 7.68. The molecule has 1 saturated heterocycles. The molecule has 1 aromatic carbocycles. The number of hydrogen-bond donors (Lipinski definition) is 0. The molecule has 29 heavy (non-hydrogen) atoms. The Kier molecular flexibility index (Phi) is 4.80. The average Bonchev–Trinajstić information content (AvgIpc) is 3.12. The molecule has 0 spiro atoms. The second-order valence-electron chi connectivity index (χ2n) is 7.68. The Hall–Kier alpha value is -2.90. The Labute approximate surface area is 166 Å². The number of hydrogen-bond acceptors (Lipinski definition) is 3. The van der Waals surface area contributed by atoms with Crippen molar-refractivity contribution in [2.45, 2.75) is 38.9 Å². The molecule has 0 N–H and O–H groups in total. The van der Waals surface area contributed by atoms with Gasteiger partial charge >= 0.3 is 6.18 Å². The molecule has 0 aliphatic carbocycles. The first-order valence-electron chi connectivity index (χ1n) is 9.58. The van der Waals surface area contributed by atoms with Crippen LogP contribution in [-0.4, -0.2) is 38.0 Å². The van der Waals surface area contributed by atoms with Gasteiger partial charge < -0.3 is 4.90 Å². The van der Waals surface area contributed by atoms with Crippen molar-refractivity contribution in [3.63, 3.8) is 0 Å². The summed E-state index contributed by atoms with van der Waals surface area (Å²) in [5, 5.41) is 3.99. The summed E-state index contributed by atoms with van der Waals surface area (Å²) in [6, 6.07) is 11.0. The van der Waals surface area contributed by atoms with Crippen molar-refractivity contribution >= 4 is 11.6 Å². The third-order valence-electron chi connectivity index (χ3n) is 5.38. The number of aromatic nitrogens is 3. The van der Waals surface area contributed by atoms with Crippen molar-refractivity contribution in [3.05, 3.63) is 53.9 Å². The van der Waals surface area contributed by atoms with E-state index in [4.69, 9.17) is 0 Å². The van der Waals surface area contributed by atoms with E-state index in [1.165, 1.54) is 6.07 Å². The van der Waals surface area contributed by atoms with Crippen LogP contribution in [0.4, 0.5) is 13.2 Å². The van der Waals surface area contributed by atoms with Crippen molar-refractivity contribution in [1.82, 2.24) is 19.5 Å². The highest BCUT2D eigenvalue weighted by atomic mass is 19.4. The highest BCUT2D eigenvalue weighted by molar-refractivity contribution is 5.93. The fourth-order valence-corrected chi connectivity index (χ4v) is 3.76. The Balaban J connectivity index is 1.81. The lowest BCUT2D eigenvalue weighted by atomic mass is 9.95. The third kappa shape index (κ3) is 3.71. The van der Waals surface area contributed by atoms with Gasteiger partial charge in [-0.3, -0.25) is 4.79 Å². The predicted molar refractivity (Wildman–Crippen MR) is 102 cm³/mol. The topological polar surface area (TPSA) is 50.5 Å². The number of rotatable bonds is 2. The zero-order valence-electron chi connectivity index (χ0n) is 16.1. The molecule has 1 amide bonds. The van der Waals surface area contributed by atoms with Crippen LogP contribution < -0.4 is 0 Å². The van der Waals surface area contributed by atoms with Crippen LogP contribution in [0.3, 0.4) is 0 Å². The Morgan fingerprint density at radius 1 is 1.10 bits per heavy atom. The summed E-state index contributed by atoms with van der Waals surface area (Å²) in [4.78, 5) is 19.0. The Bertz CT molecular complexity index is 1050. The number of fused-ring (bicyclic) bond motifs is 1. The first kappa shape index (κ1) is 19.4. The molecular weight excluding hydrogens is 381 g/mol. The maximum Gasteiger partial charge on any atom is 0.433 e. The maximum atomic E-state index is 13.7. The Morgan fingerprint density at radius 2 is 1.83 bits per heavy atom. The highest BCUT2D eigenvalue weighted by Crippen LogP contribution is 2.32. The van der Waals surface area contributed by atoms with Crippen LogP contribution in [0.1, 0.15) is 42.9 Å². The summed E-state index contributed by atoms with van der Waals surface area (Å²) in [5.41, 5.74) is -0.230. The molecule has 2 unspecified atom stereocenters. The van der Waals surface area contributed by atoms with Gasteiger partial charge in [0.2, 0.25) is 0 Å². The van der Waals surface area contributed by atoms with Crippen molar-refractivity contribution in [2.24, 2.45) is 5.92 Å². The van der Waals surface area contributed by atoms with Crippen LogP contribution >= 0.6 is 0 Å². The molecule has 5 nitrogen and oxygen atoms in total. The fraction of sp³-hybridized carbons (Fsp3) is 0.381. The Morgan fingerprint density at radius 3 is 2.52 bits per heavy atom. The minimum atomic E-state index is -4.63. The quantitative estimate of drug-likeness (QED) is 0.626. The minimum absolute atomic E-state index is 0.000242. The molecule has 0 radical (unpaired) electrons. The van der Waals surface area contributed by atoms with Crippen LogP contribution in [0, 0.1) is 5.92 Å². The van der Waals surface area contributed by atoms with Crippen LogP contribution in [0.5, 0.6) is 0 Å². The van der Waals surface area contributed by atoms with Crippen LogP contribution in [0.25, 0.3) is 16.9 Å². The van der Waals surface area contributed by atoms with Gasteiger partial charge in [0, 0.05) is 24.2 Å². The van der Waals surface area contributed by atoms with E-state index < -0.39 is 11.9 Å². The minimum Gasteiger partial charge on any atom is -0.334 e. The number of halogens is 3. The van der Waals surface area contributed by atoms with Gasteiger partial charge in [-0.25, -0.2) is 9.50 Å². The average molecular weight is 402 g/mol. The lowest BCUT2D eigenvalue weighted by molar-refractivity contribution is -0.142. The SMILES string of the molecule is CC1CCC(C)N(C(=O)c2cc3nc(-c4ccccc4)cc(C(F)(F)F)n3n2)C1. The first-order valence-corrected chi connectivity index (χ1v) is 9.58. The van der Waals surface area contributed by atoms with E-state index in [1.54, 1.807) is 35.2 Å². The summed E-state index contributed by atoms with van der Waals surface area (Å²) in [5.74, 6) is -0.00957. The lowest BCUT2D eigenvalue weighted by Crippen LogP contribution is -2.45. The number of benzene rings is 1. The van der Waals surface area contributed by atoms with E-state index in [9.17, 15) is 18.0 Å². The normalized spacial score (nSPS) is 20.2. The van der Waals surface area contributed by atoms with Gasteiger partial charge in [-0.2, -0.15) is 18.3 Å². The molecule has 0 bridgehead atoms. The number of carbonyl (C=O) groups is 1. The van der Waals surface area contributed by atoms with Crippen molar-refractivity contribution in [3.8, 4) is 11.3 Å². The molecule has 1 aliphatic rings. The van der Waals surface area contributed by atoms with E-state index >= 15 is 0 Å². The third-order valence-corrected chi connectivity index (χ3v) is 5.38. The zero-order chi connectivity index (χ0) is 20.8. The maximum absolute atomic E-state index is 13.7. The van der Waals surface area contributed by atoms with Crippen LogP contribution in [-0.2, 0) is 6.18 Å². The van der Waals surface area contributed by atoms with Crippen molar-refractivity contribution in [1.29, 1.82) is 0 Å². The number of likely N-dealkylation sites (tertiary alicyclic amines) is 1. The number of piperidine rings is 1. The smallest absolute Gasteiger partial charge is 0.334 e. The number of amides is 1. The predicted octanol–water partition coefficient (Wildman–Crippen LogP) is 4.68. The largest absolute Gasteiger partial charge is 0.433 e. The fourth-order valence-electron chi connectivity index (χ4n) is 3.76. The molecule has 2 atom stereocenters. The van der Waals surface area contributed by atoms with Crippen LogP contribution in [0.2, 0.25) is 0 Å². The number of carbonyl (C=O) groups excluding carboxylic acids is 1. The van der Waals surface area contributed by atoms with Gasteiger partial charge in [-0.1, -0.05) is 37.3 Å². The summed E-state index contributed by atoms with van der Waals surface area (Å²) < 4.78 is 41.8. The van der Waals surface area contributed by atoms with Gasteiger partial charge in [0.15, 0.2) is 17.0 Å². The van der Waals surface area contributed by atoms with E-state index in [2.05, 4.69) is 17.0 Å². The summed E-state index contributed by atoms with van der Waals surface area (Å²) in [6.07, 6.45) is -2.75. The van der Waals surface area contributed by atoms with E-state index in [0.717, 1.165) is 23.4 Å². The van der Waals surface area contributed by atoms with Gasteiger partial charge in [0.25, 0.3) is 5.91 Å². The summed E-state index contributed by atoms with van der Waals surface area (Å²) in [6.45, 7) is 4.58. The molecular formula is C21H21F3N4O. The van der Waals surface area contributed by atoms with E-state index in [-0.39, 0.29) is 29.0 Å². The molecule has 3 aromatic rings.